The fourth-order valence-corrected chi connectivity index (χ4v) is 5.63. The third kappa shape index (κ3) is 5.58. The molecule has 0 aliphatic heterocycles. The number of nitrogens with zero attached hydrogens (tertiary/aromatic N) is 6. The van der Waals surface area contributed by atoms with Crippen molar-refractivity contribution >= 4 is 9.84 Å². The molecule has 1 aromatic carbocycles. The number of aryl methyl sites for hydroxylation is 3. The molecule has 0 fully saturated rings. The van der Waals surface area contributed by atoms with E-state index in [9.17, 15) is 8.42 Å². The molecule has 0 unspecified atom stereocenters. The Morgan fingerprint density at radius 2 is 1.74 bits per heavy atom. The first-order valence-corrected chi connectivity index (χ1v) is 14.0. The number of pyridine rings is 1. The van der Waals surface area contributed by atoms with E-state index >= 15 is 0 Å². The molecule has 4 rings (SSSR count). The summed E-state index contributed by atoms with van der Waals surface area (Å²) < 4.78 is 40.9. The van der Waals surface area contributed by atoms with E-state index in [1.807, 2.05) is 52.0 Å². The fraction of sp³-hybridized carbons (Fsp3) is 0.370. The second-order valence-corrected chi connectivity index (χ2v) is 11.5. The standard InChI is InChI=1S/C27H32N6O4S/c1-7-37-25(26-29-13-18(3)14-30-26)20(5)38(34,35)16-23-31-32-27(21-11-17(2)12-28-15-21)33(23)24-19(4)9-8-10-22(24)36-6/h8-15,20,25H,7,16H2,1-6H3/t20-,25+/m0/s1. The highest BCUT2D eigenvalue weighted by molar-refractivity contribution is 7.91. The van der Waals surface area contributed by atoms with Gasteiger partial charge in [0.1, 0.15) is 17.6 Å². The van der Waals surface area contributed by atoms with Crippen LogP contribution >= 0.6 is 0 Å². The number of hydrogen-bond donors (Lipinski definition) is 0. The molecule has 200 valence electrons. The maximum atomic E-state index is 13.8. The fourth-order valence-electron chi connectivity index (χ4n) is 4.24. The van der Waals surface area contributed by atoms with Gasteiger partial charge in [-0.25, -0.2) is 18.4 Å². The number of hydrogen-bond acceptors (Lipinski definition) is 9. The van der Waals surface area contributed by atoms with Gasteiger partial charge in [-0.15, -0.1) is 10.2 Å². The maximum Gasteiger partial charge on any atom is 0.170 e. The quantitative estimate of drug-likeness (QED) is 0.294. The Kier molecular flexibility index (Phi) is 8.17. The molecule has 0 amide bonds. The van der Waals surface area contributed by atoms with Gasteiger partial charge in [0.05, 0.1) is 18.0 Å². The highest BCUT2D eigenvalue weighted by Crippen LogP contribution is 2.33. The van der Waals surface area contributed by atoms with Crippen molar-refractivity contribution in [2.24, 2.45) is 0 Å². The van der Waals surface area contributed by atoms with Crippen LogP contribution < -0.4 is 4.74 Å². The van der Waals surface area contributed by atoms with Gasteiger partial charge in [0, 0.05) is 37.0 Å². The lowest BCUT2D eigenvalue weighted by Crippen LogP contribution is -2.30. The average molecular weight is 537 g/mol. The minimum absolute atomic E-state index is 0.251. The predicted molar refractivity (Wildman–Crippen MR) is 144 cm³/mol. The summed E-state index contributed by atoms with van der Waals surface area (Å²) in [6.07, 6.45) is 5.88. The zero-order valence-electron chi connectivity index (χ0n) is 22.4. The number of methoxy groups -OCH3 is 1. The lowest BCUT2D eigenvalue weighted by atomic mass is 10.1. The molecule has 3 heterocycles. The van der Waals surface area contributed by atoms with E-state index in [2.05, 4.69) is 25.1 Å². The molecule has 3 aromatic heterocycles. The summed E-state index contributed by atoms with van der Waals surface area (Å²) >= 11 is 0. The Bertz CT molecular complexity index is 1520. The molecule has 0 aliphatic carbocycles. The van der Waals surface area contributed by atoms with Crippen LogP contribution in [-0.2, 0) is 20.3 Å². The summed E-state index contributed by atoms with van der Waals surface area (Å²) in [6, 6.07) is 7.56. The summed E-state index contributed by atoms with van der Waals surface area (Å²) in [6.45, 7) is 9.45. The Labute approximate surface area is 223 Å². The smallest absolute Gasteiger partial charge is 0.170 e. The first-order valence-electron chi connectivity index (χ1n) is 12.3. The number of para-hydroxylation sites is 1. The Morgan fingerprint density at radius 1 is 1.00 bits per heavy atom. The van der Waals surface area contributed by atoms with Crippen molar-refractivity contribution in [1.82, 2.24) is 29.7 Å². The van der Waals surface area contributed by atoms with Crippen molar-refractivity contribution in [3.8, 4) is 22.8 Å². The Hall–Kier alpha value is -3.70. The number of benzene rings is 1. The van der Waals surface area contributed by atoms with Gasteiger partial charge in [-0.3, -0.25) is 9.55 Å². The van der Waals surface area contributed by atoms with E-state index in [1.54, 1.807) is 43.4 Å². The van der Waals surface area contributed by atoms with Gasteiger partial charge >= 0.3 is 0 Å². The zero-order valence-corrected chi connectivity index (χ0v) is 23.2. The molecule has 0 radical (unpaired) electrons. The molecule has 0 bridgehead atoms. The van der Waals surface area contributed by atoms with Gasteiger partial charge < -0.3 is 9.47 Å². The molecular weight excluding hydrogens is 504 g/mol. The van der Waals surface area contributed by atoms with Gasteiger partial charge in [0.2, 0.25) is 0 Å². The summed E-state index contributed by atoms with van der Waals surface area (Å²) in [5.74, 6) is 1.23. The Morgan fingerprint density at radius 3 is 2.39 bits per heavy atom. The molecule has 0 saturated carbocycles. The number of rotatable bonds is 10. The van der Waals surface area contributed by atoms with Gasteiger partial charge in [0.15, 0.2) is 27.3 Å². The van der Waals surface area contributed by atoms with Crippen LogP contribution in [0.4, 0.5) is 0 Å². The van der Waals surface area contributed by atoms with Crippen molar-refractivity contribution in [3.05, 3.63) is 77.4 Å². The molecule has 0 saturated heterocycles. The van der Waals surface area contributed by atoms with Crippen LogP contribution in [0.5, 0.6) is 5.75 Å². The number of aromatic nitrogens is 6. The van der Waals surface area contributed by atoms with Crippen LogP contribution in [0.3, 0.4) is 0 Å². The van der Waals surface area contributed by atoms with E-state index in [4.69, 9.17) is 9.47 Å². The summed E-state index contributed by atoms with van der Waals surface area (Å²) in [4.78, 5) is 13.0. The van der Waals surface area contributed by atoms with Crippen LogP contribution in [0.25, 0.3) is 17.1 Å². The first kappa shape index (κ1) is 27.3. The molecule has 0 spiro atoms. The minimum atomic E-state index is -3.82. The van der Waals surface area contributed by atoms with E-state index in [0.29, 0.717) is 35.3 Å². The minimum Gasteiger partial charge on any atom is -0.495 e. The first-order chi connectivity index (χ1) is 18.2. The molecule has 10 nitrogen and oxygen atoms in total. The Balaban J connectivity index is 1.82. The number of sulfone groups is 1. The monoisotopic (exact) mass is 536 g/mol. The summed E-state index contributed by atoms with van der Waals surface area (Å²) in [7, 11) is -2.25. The van der Waals surface area contributed by atoms with E-state index in [-0.39, 0.29) is 11.6 Å². The van der Waals surface area contributed by atoms with Gasteiger partial charge in [-0.05, 0) is 63.4 Å². The van der Waals surface area contributed by atoms with Crippen molar-refractivity contribution in [1.29, 1.82) is 0 Å². The molecule has 11 heteroatoms. The SMILES string of the molecule is CCO[C@@H](c1ncc(C)cn1)[C@H](C)S(=O)(=O)Cc1nnc(-c2cncc(C)c2)n1-c1c(C)cccc1OC. The molecule has 38 heavy (non-hydrogen) atoms. The average Bonchev–Trinajstić information content (AvgIpc) is 3.29. The lowest BCUT2D eigenvalue weighted by Gasteiger charge is -2.23. The van der Waals surface area contributed by atoms with Gasteiger partial charge in [0.25, 0.3) is 0 Å². The van der Waals surface area contributed by atoms with E-state index < -0.39 is 21.2 Å². The largest absolute Gasteiger partial charge is 0.495 e. The van der Waals surface area contributed by atoms with Gasteiger partial charge in [-0.2, -0.15) is 0 Å². The van der Waals surface area contributed by atoms with Crippen molar-refractivity contribution in [3.63, 3.8) is 0 Å². The van der Waals surface area contributed by atoms with Gasteiger partial charge in [-0.1, -0.05) is 12.1 Å². The third-order valence-corrected chi connectivity index (χ3v) is 8.27. The highest BCUT2D eigenvalue weighted by Gasteiger charge is 2.35. The molecule has 0 aliphatic rings. The maximum absolute atomic E-state index is 13.8. The lowest BCUT2D eigenvalue weighted by molar-refractivity contribution is 0.0556. The normalized spacial score (nSPS) is 13.3. The van der Waals surface area contributed by atoms with Crippen LogP contribution in [0.1, 0.15) is 48.3 Å². The number of ether oxygens (including phenoxy) is 2. The highest BCUT2D eigenvalue weighted by atomic mass is 32.2. The molecular formula is C27H32N6O4S. The third-order valence-electron chi connectivity index (χ3n) is 6.23. The molecule has 2 atom stereocenters. The topological polar surface area (TPSA) is 122 Å². The van der Waals surface area contributed by atoms with Crippen LogP contribution in [0.15, 0.2) is 49.1 Å². The zero-order chi connectivity index (χ0) is 27.4. The van der Waals surface area contributed by atoms with Crippen LogP contribution in [0.2, 0.25) is 0 Å². The van der Waals surface area contributed by atoms with Crippen LogP contribution in [0, 0.1) is 20.8 Å². The second-order valence-electron chi connectivity index (χ2n) is 9.16. The predicted octanol–water partition coefficient (Wildman–Crippen LogP) is 4.13. The van der Waals surface area contributed by atoms with E-state index in [0.717, 1.165) is 16.7 Å². The molecule has 4 aromatic rings. The summed E-state index contributed by atoms with van der Waals surface area (Å²) in [5.41, 5.74) is 4.06. The van der Waals surface area contributed by atoms with E-state index in [1.165, 1.54) is 0 Å². The van der Waals surface area contributed by atoms with Crippen molar-refractivity contribution < 1.29 is 17.9 Å². The van der Waals surface area contributed by atoms with Crippen molar-refractivity contribution in [2.75, 3.05) is 13.7 Å². The van der Waals surface area contributed by atoms with Crippen LogP contribution in [-0.4, -0.2) is 57.1 Å². The second kappa shape index (κ2) is 11.4. The molecule has 0 N–H and O–H groups in total. The summed E-state index contributed by atoms with van der Waals surface area (Å²) in [5, 5.41) is 7.81. The van der Waals surface area contributed by atoms with Crippen molar-refractivity contribution in [2.45, 2.75) is 51.7 Å².